The number of nitrogens with zero attached hydrogens (tertiary/aromatic N) is 8. The fourth-order valence-corrected chi connectivity index (χ4v) is 4.77. The third-order valence-corrected chi connectivity index (χ3v) is 6.91. The lowest BCUT2D eigenvalue weighted by molar-refractivity contribution is -0.114. The zero-order valence-corrected chi connectivity index (χ0v) is 20.1. The third-order valence-electron chi connectivity index (χ3n) is 6.91. The number of hydrogen-bond acceptors (Lipinski definition) is 9. The zero-order valence-electron chi connectivity index (χ0n) is 20.1. The Labute approximate surface area is 206 Å². The van der Waals surface area contributed by atoms with Gasteiger partial charge in [0.1, 0.15) is 34.5 Å². The van der Waals surface area contributed by atoms with Gasteiger partial charge in [-0.1, -0.05) is 0 Å². The van der Waals surface area contributed by atoms with E-state index in [1.165, 1.54) is 32.2 Å². The summed E-state index contributed by atoms with van der Waals surface area (Å²) in [5, 5.41) is 20.6. The summed E-state index contributed by atoms with van der Waals surface area (Å²) in [6.07, 6.45) is 6.53. The summed E-state index contributed by atoms with van der Waals surface area (Å²) in [5.74, 6) is 3.07. The molecule has 12 nitrogen and oxygen atoms in total. The van der Waals surface area contributed by atoms with Crippen molar-refractivity contribution in [2.45, 2.75) is 38.3 Å². The molecule has 0 atom stereocenters. The number of rotatable bonds is 5. The monoisotopic (exact) mass is 484 g/mol. The molecule has 4 aromatic heterocycles. The molecular formula is C24H24N10O2. The van der Waals surface area contributed by atoms with Crippen LogP contribution in [0.2, 0.25) is 0 Å². The molecule has 5 heterocycles. The Morgan fingerprint density at radius 1 is 1.19 bits per heavy atom. The topological polar surface area (TPSA) is 139 Å². The summed E-state index contributed by atoms with van der Waals surface area (Å²) in [7, 11) is 3.94. The lowest BCUT2D eigenvalue weighted by atomic mass is 10.1. The van der Waals surface area contributed by atoms with E-state index in [2.05, 4.69) is 43.6 Å². The van der Waals surface area contributed by atoms with Crippen LogP contribution in [-0.2, 0) is 18.4 Å². The van der Waals surface area contributed by atoms with Gasteiger partial charge in [0.05, 0.1) is 6.20 Å². The molecule has 1 aliphatic carbocycles. The fourth-order valence-electron chi connectivity index (χ4n) is 4.77. The number of anilines is 4. The Morgan fingerprint density at radius 2 is 2.03 bits per heavy atom. The van der Waals surface area contributed by atoms with Crippen molar-refractivity contribution in [1.29, 1.82) is 5.26 Å². The maximum absolute atomic E-state index is 11.3. The van der Waals surface area contributed by atoms with Crippen LogP contribution in [0, 0.1) is 11.3 Å². The van der Waals surface area contributed by atoms with E-state index in [4.69, 9.17) is 9.84 Å². The molecule has 0 bridgehead atoms. The second kappa shape index (κ2) is 7.94. The van der Waals surface area contributed by atoms with E-state index < -0.39 is 0 Å². The van der Waals surface area contributed by atoms with Crippen molar-refractivity contribution in [3.05, 3.63) is 36.2 Å². The predicted molar refractivity (Wildman–Crippen MR) is 132 cm³/mol. The molecule has 1 saturated carbocycles. The van der Waals surface area contributed by atoms with Crippen molar-refractivity contribution in [2.24, 2.45) is 7.05 Å². The number of ether oxygens (including phenoxy) is 1. The maximum atomic E-state index is 11.3. The van der Waals surface area contributed by atoms with Gasteiger partial charge in [0.25, 0.3) is 0 Å². The first kappa shape index (κ1) is 21.8. The second-order valence-corrected chi connectivity index (χ2v) is 9.21. The molecule has 0 aromatic carbocycles. The number of carbonyl (C=O) groups is 1. The summed E-state index contributed by atoms with van der Waals surface area (Å²) in [4.78, 5) is 26.8. The van der Waals surface area contributed by atoms with Crippen molar-refractivity contribution in [2.75, 3.05) is 22.6 Å². The second-order valence-electron chi connectivity index (χ2n) is 9.21. The lowest BCUT2D eigenvalue weighted by Gasteiger charge is -2.34. The Kier molecular flexibility index (Phi) is 4.82. The van der Waals surface area contributed by atoms with Crippen LogP contribution in [0.25, 0.3) is 11.2 Å². The van der Waals surface area contributed by atoms with Gasteiger partial charge in [0.15, 0.2) is 17.2 Å². The highest BCUT2D eigenvalue weighted by molar-refractivity contribution is 5.88. The Balaban J connectivity index is 1.31. The van der Waals surface area contributed by atoms with Crippen molar-refractivity contribution < 1.29 is 9.53 Å². The number of hydrogen-bond donors (Lipinski definition) is 2. The van der Waals surface area contributed by atoms with E-state index in [0.717, 1.165) is 18.8 Å². The average Bonchev–Trinajstić information content (AvgIpc) is 3.41. The third kappa shape index (κ3) is 3.56. The summed E-state index contributed by atoms with van der Waals surface area (Å²) in [6, 6.07) is 7.46. The quantitative estimate of drug-likeness (QED) is 0.437. The normalized spacial score (nSPS) is 15.4. The first-order chi connectivity index (χ1) is 17.4. The molecule has 0 unspecified atom stereocenters. The minimum absolute atomic E-state index is 0.243. The molecule has 36 heavy (non-hydrogen) atoms. The number of aryl methyl sites for hydroxylation is 2. The van der Waals surface area contributed by atoms with Crippen molar-refractivity contribution in [3.8, 4) is 17.6 Å². The van der Waals surface area contributed by atoms with Crippen LogP contribution in [-0.4, -0.2) is 47.8 Å². The molecule has 0 radical (unpaired) electrons. The predicted octanol–water partition coefficient (Wildman–Crippen LogP) is 3.30. The summed E-state index contributed by atoms with van der Waals surface area (Å²) < 4.78 is 9.74. The summed E-state index contributed by atoms with van der Waals surface area (Å²) in [6.45, 7) is 2.29. The molecule has 6 rings (SSSR count). The van der Waals surface area contributed by atoms with Gasteiger partial charge in [-0.15, -0.1) is 0 Å². The number of fused-ring (bicyclic) bond motifs is 2. The van der Waals surface area contributed by atoms with Crippen LogP contribution in [0.5, 0.6) is 11.5 Å². The lowest BCUT2D eigenvalue weighted by Crippen LogP contribution is -2.40. The van der Waals surface area contributed by atoms with Crippen molar-refractivity contribution in [3.63, 3.8) is 0 Å². The Morgan fingerprint density at radius 3 is 2.78 bits per heavy atom. The summed E-state index contributed by atoms with van der Waals surface area (Å²) in [5.41, 5.74) is 1.54. The van der Waals surface area contributed by atoms with Crippen LogP contribution >= 0.6 is 0 Å². The largest absolute Gasteiger partial charge is 0.454 e. The van der Waals surface area contributed by atoms with E-state index in [-0.39, 0.29) is 11.7 Å². The minimum Gasteiger partial charge on any atom is -0.454 e. The molecule has 0 saturated heterocycles. The zero-order chi connectivity index (χ0) is 25.0. The van der Waals surface area contributed by atoms with Gasteiger partial charge >= 0.3 is 0 Å². The standard InChI is InChI=1S/C24H24N10O2/c1-14(35)28-18-10-15(4-8-26-18)36-17-13-27-22-21(16(17)12-25)32(2)23(30-22)29-19-11-20-33(3)24(5-6-24)7-9-34(20)31-19/h4,8,10-11,13H,5-7,9H2,1-3H3,(H,26,28,35)(H,27,29,30,31). The van der Waals surface area contributed by atoms with Gasteiger partial charge in [0, 0.05) is 51.4 Å². The Hall–Kier alpha value is -4.66. The van der Waals surface area contributed by atoms with E-state index in [1.807, 2.05) is 17.8 Å². The molecule has 2 aliphatic rings. The van der Waals surface area contributed by atoms with E-state index in [1.54, 1.807) is 16.7 Å². The highest BCUT2D eigenvalue weighted by atomic mass is 16.5. The van der Waals surface area contributed by atoms with Crippen LogP contribution in [0.4, 0.5) is 23.4 Å². The first-order valence-corrected chi connectivity index (χ1v) is 11.6. The highest BCUT2D eigenvalue weighted by Gasteiger charge is 2.49. The Bertz CT molecular complexity index is 1560. The van der Waals surface area contributed by atoms with E-state index in [9.17, 15) is 10.1 Å². The van der Waals surface area contributed by atoms with Crippen LogP contribution in [0.3, 0.4) is 0 Å². The number of nitrogens with one attached hydrogen (secondary N) is 2. The maximum Gasteiger partial charge on any atom is 0.222 e. The van der Waals surface area contributed by atoms with Gasteiger partial charge in [-0.05, 0) is 25.3 Å². The molecule has 1 spiro atoms. The van der Waals surface area contributed by atoms with Crippen molar-refractivity contribution in [1.82, 2.24) is 29.3 Å². The van der Waals surface area contributed by atoms with Gasteiger partial charge in [-0.25, -0.2) is 14.6 Å². The smallest absolute Gasteiger partial charge is 0.222 e. The fraction of sp³-hybridized carbons (Fsp3) is 0.333. The van der Waals surface area contributed by atoms with Crippen LogP contribution < -0.4 is 20.3 Å². The molecule has 12 heteroatoms. The number of pyridine rings is 2. The summed E-state index contributed by atoms with van der Waals surface area (Å²) >= 11 is 0. The molecule has 4 aromatic rings. The minimum atomic E-state index is -0.243. The number of nitriles is 1. The number of imidazole rings is 1. The van der Waals surface area contributed by atoms with E-state index >= 15 is 0 Å². The van der Waals surface area contributed by atoms with Gasteiger partial charge < -0.3 is 24.8 Å². The average molecular weight is 485 g/mol. The molecule has 1 amide bonds. The molecule has 2 N–H and O–H groups in total. The van der Waals surface area contributed by atoms with Gasteiger partial charge in [0.2, 0.25) is 11.9 Å². The van der Waals surface area contributed by atoms with Crippen LogP contribution in [0.15, 0.2) is 30.6 Å². The van der Waals surface area contributed by atoms with Crippen LogP contribution in [0.1, 0.15) is 31.7 Å². The number of amides is 1. The van der Waals surface area contributed by atoms with Gasteiger partial charge in [-0.2, -0.15) is 15.3 Å². The molecule has 182 valence electrons. The van der Waals surface area contributed by atoms with E-state index in [0.29, 0.717) is 45.6 Å². The van der Waals surface area contributed by atoms with Gasteiger partial charge in [-0.3, -0.25) is 4.79 Å². The molecule has 1 fully saturated rings. The van der Waals surface area contributed by atoms with Crippen molar-refractivity contribution >= 4 is 40.5 Å². The number of carbonyl (C=O) groups excluding carboxylic acids is 1. The highest BCUT2D eigenvalue weighted by Crippen LogP contribution is 2.49. The molecular weight excluding hydrogens is 460 g/mol. The molecule has 1 aliphatic heterocycles. The SMILES string of the molecule is CC(=O)Nc1cc(Oc2cnc3nc(Nc4cc5n(n4)CCC4(CC4)N5C)n(C)c3c2C#N)ccn1. The number of aromatic nitrogens is 6. The first-order valence-electron chi connectivity index (χ1n) is 11.6.